The molecule has 0 aromatic heterocycles. The minimum atomic E-state index is -1.22. The fourth-order valence-corrected chi connectivity index (χ4v) is 4.93. The largest absolute Gasteiger partial charge is 0.493 e. The van der Waals surface area contributed by atoms with Gasteiger partial charge in [0.2, 0.25) is 11.8 Å². The summed E-state index contributed by atoms with van der Waals surface area (Å²) in [6, 6.07) is 4.80. The number of carbonyl (C=O) groups is 4. The molecule has 9 heteroatoms. The van der Waals surface area contributed by atoms with Crippen molar-refractivity contribution in [3.05, 3.63) is 102 Å². The first-order chi connectivity index (χ1) is 25.4. The molecule has 2 N–H and O–H groups in total. The molecule has 1 aromatic rings. The van der Waals surface area contributed by atoms with Gasteiger partial charge in [-0.1, -0.05) is 106 Å². The van der Waals surface area contributed by atoms with Crippen molar-refractivity contribution in [2.24, 2.45) is 5.41 Å². The van der Waals surface area contributed by atoms with E-state index in [1.807, 2.05) is 44.2 Å². The number of rotatable bonds is 26. The smallest absolute Gasteiger partial charge is 0.332 e. The molecule has 0 aliphatic heterocycles. The van der Waals surface area contributed by atoms with Crippen LogP contribution in [-0.4, -0.2) is 56.2 Å². The number of aryl methyl sites for hydroxylation is 2. The molecule has 0 saturated carbocycles. The van der Waals surface area contributed by atoms with Crippen LogP contribution in [0.1, 0.15) is 103 Å². The first-order valence-corrected chi connectivity index (χ1v) is 18.9. The summed E-state index contributed by atoms with van der Waals surface area (Å²) in [6.07, 6.45) is 32.0. The van der Waals surface area contributed by atoms with E-state index in [1.165, 1.54) is 14.0 Å². The van der Waals surface area contributed by atoms with E-state index in [0.717, 1.165) is 55.4 Å². The Morgan fingerprint density at radius 3 is 1.91 bits per heavy atom. The van der Waals surface area contributed by atoms with Crippen molar-refractivity contribution in [2.75, 3.05) is 20.3 Å². The van der Waals surface area contributed by atoms with Crippen LogP contribution in [0.3, 0.4) is 0 Å². The predicted octanol–water partition coefficient (Wildman–Crippen LogP) is 8.67. The molecule has 2 atom stereocenters. The zero-order valence-corrected chi connectivity index (χ0v) is 33.2. The number of hydrogen-bond donors (Lipinski definition) is 2. The van der Waals surface area contributed by atoms with Crippen molar-refractivity contribution in [1.29, 1.82) is 0 Å². The van der Waals surface area contributed by atoms with Gasteiger partial charge in [0, 0.05) is 11.8 Å². The summed E-state index contributed by atoms with van der Waals surface area (Å²) in [7, 11) is 1.20. The molecular weight excluding hydrogens is 668 g/mol. The number of carbonyl (C=O) groups excluding carboxylic acids is 4. The van der Waals surface area contributed by atoms with Gasteiger partial charge in [0.25, 0.3) is 0 Å². The van der Waals surface area contributed by atoms with Crippen molar-refractivity contribution in [1.82, 2.24) is 10.6 Å². The Morgan fingerprint density at radius 1 is 0.811 bits per heavy atom. The van der Waals surface area contributed by atoms with Gasteiger partial charge in [-0.25, -0.2) is 4.79 Å². The topological polar surface area (TPSA) is 120 Å². The Hall–Kier alpha value is -4.66. The third kappa shape index (κ3) is 22.1. The molecule has 0 aliphatic carbocycles. The molecule has 0 bridgehead atoms. The van der Waals surface area contributed by atoms with Gasteiger partial charge < -0.3 is 24.8 Å². The van der Waals surface area contributed by atoms with Crippen LogP contribution < -0.4 is 15.4 Å². The molecule has 292 valence electrons. The highest BCUT2D eigenvalue weighted by molar-refractivity contribution is 5.88. The van der Waals surface area contributed by atoms with Gasteiger partial charge >= 0.3 is 11.9 Å². The maximum Gasteiger partial charge on any atom is 0.332 e. The van der Waals surface area contributed by atoms with Crippen molar-refractivity contribution < 1.29 is 33.4 Å². The minimum Gasteiger partial charge on any atom is -0.493 e. The summed E-state index contributed by atoms with van der Waals surface area (Å²) in [4.78, 5) is 50.5. The Kier molecular flexibility index (Phi) is 24.4. The van der Waals surface area contributed by atoms with Crippen LogP contribution in [0.4, 0.5) is 0 Å². The maximum absolute atomic E-state index is 13.2. The highest BCUT2D eigenvalue weighted by atomic mass is 16.6. The van der Waals surface area contributed by atoms with Crippen LogP contribution in [0, 0.1) is 19.3 Å². The van der Waals surface area contributed by atoms with Gasteiger partial charge in [-0.2, -0.15) is 0 Å². The first-order valence-electron chi connectivity index (χ1n) is 18.9. The molecule has 0 heterocycles. The zero-order valence-electron chi connectivity index (χ0n) is 33.2. The second-order valence-electron chi connectivity index (χ2n) is 13.5. The molecule has 0 saturated heterocycles. The highest BCUT2D eigenvalue weighted by Gasteiger charge is 2.35. The number of amides is 2. The molecule has 0 radical (unpaired) electrons. The first kappa shape index (κ1) is 46.4. The summed E-state index contributed by atoms with van der Waals surface area (Å²) in [5.41, 5.74) is 1.31. The van der Waals surface area contributed by atoms with E-state index in [-0.39, 0.29) is 24.8 Å². The molecular formula is C44H64N2O7. The summed E-state index contributed by atoms with van der Waals surface area (Å²) in [5, 5.41) is 5.24. The Morgan fingerprint density at radius 2 is 1.36 bits per heavy atom. The third-order valence-corrected chi connectivity index (χ3v) is 8.25. The molecule has 0 aliphatic rings. The number of methoxy groups -OCH3 is 1. The fraction of sp³-hybridized carbons (Fsp3) is 0.500. The van der Waals surface area contributed by atoms with Crippen molar-refractivity contribution in [3.8, 4) is 5.75 Å². The second kappa shape index (κ2) is 27.9. The number of allylic oxidation sites excluding steroid dienone is 12. The molecule has 53 heavy (non-hydrogen) atoms. The normalized spacial score (nSPS) is 13.4. The van der Waals surface area contributed by atoms with Crippen molar-refractivity contribution in [3.63, 3.8) is 0 Å². The lowest BCUT2D eigenvalue weighted by Gasteiger charge is -2.29. The number of nitrogens with one attached hydrogen (secondary N) is 2. The lowest BCUT2D eigenvalue weighted by Crippen LogP contribution is -2.53. The van der Waals surface area contributed by atoms with Gasteiger partial charge in [0.1, 0.15) is 18.4 Å². The van der Waals surface area contributed by atoms with Crippen LogP contribution in [0.15, 0.2) is 91.1 Å². The number of ether oxygens (including phenoxy) is 3. The van der Waals surface area contributed by atoms with Crippen molar-refractivity contribution >= 4 is 23.8 Å². The van der Waals surface area contributed by atoms with E-state index in [1.54, 1.807) is 13.8 Å². The van der Waals surface area contributed by atoms with Crippen molar-refractivity contribution in [2.45, 2.75) is 118 Å². The maximum atomic E-state index is 13.2. The Labute approximate surface area is 318 Å². The third-order valence-electron chi connectivity index (χ3n) is 8.25. The highest BCUT2D eigenvalue weighted by Crippen LogP contribution is 2.25. The molecule has 2 unspecified atom stereocenters. The van der Waals surface area contributed by atoms with E-state index in [0.29, 0.717) is 25.9 Å². The lowest BCUT2D eigenvalue weighted by molar-refractivity contribution is -0.158. The van der Waals surface area contributed by atoms with E-state index in [4.69, 9.17) is 14.2 Å². The fourth-order valence-electron chi connectivity index (χ4n) is 4.93. The number of benzene rings is 1. The van der Waals surface area contributed by atoms with E-state index in [2.05, 4.69) is 78.3 Å². The van der Waals surface area contributed by atoms with Crippen LogP contribution in [0.2, 0.25) is 0 Å². The monoisotopic (exact) mass is 732 g/mol. The molecule has 1 aromatic carbocycles. The average molecular weight is 733 g/mol. The van der Waals surface area contributed by atoms with E-state index >= 15 is 0 Å². The van der Waals surface area contributed by atoms with Crippen LogP contribution >= 0.6 is 0 Å². The predicted molar refractivity (Wildman–Crippen MR) is 214 cm³/mol. The van der Waals surface area contributed by atoms with Gasteiger partial charge in [-0.15, -0.1) is 0 Å². The lowest BCUT2D eigenvalue weighted by atomic mass is 9.86. The van der Waals surface area contributed by atoms with Crippen LogP contribution in [0.5, 0.6) is 5.75 Å². The Balaban J connectivity index is 2.33. The molecule has 1 rings (SSSR count). The summed E-state index contributed by atoms with van der Waals surface area (Å²) < 4.78 is 16.2. The van der Waals surface area contributed by atoms with Crippen LogP contribution in [0.25, 0.3) is 0 Å². The summed E-state index contributed by atoms with van der Waals surface area (Å²) in [5.74, 6) is -1.34. The molecule has 0 fully saturated rings. The van der Waals surface area contributed by atoms with E-state index < -0.39 is 29.5 Å². The Bertz CT molecular complexity index is 1430. The quantitative estimate of drug-likeness (QED) is 0.0556. The van der Waals surface area contributed by atoms with Gasteiger partial charge in [0.15, 0.2) is 6.04 Å². The minimum absolute atomic E-state index is 0.219. The SMILES string of the molecule is CCC=CCC=CCC=CCC=CCC=CCC=CCCC(=O)NCC(=O)OC(C)C(NC(=O)C(C)(C)CCCOc1cc(C)ccc1C)C(=O)OC. The number of esters is 2. The van der Waals surface area contributed by atoms with E-state index in [9.17, 15) is 19.2 Å². The number of hydrogen-bond acceptors (Lipinski definition) is 7. The molecule has 2 amide bonds. The zero-order chi connectivity index (χ0) is 39.3. The average Bonchev–Trinajstić information content (AvgIpc) is 3.13. The van der Waals surface area contributed by atoms with Gasteiger partial charge in [-0.3, -0.25) is 14.4 Å². The molecule has 0 spiro atoms. The second-order valence-corrected chi connectivity index (χ2v) is 13.5. The van der Waals surface area contributed by atoms with Crippen LogP contribution in [-0.2, 0) is 28.7 Å². The summed E-state index contributed by atoms with van der Waals surface area (Å²) in [6.45, 7) is 11.2. The standard InChI is InChI=1S/C44H64N2O7/c1-8-9-10-11-12-13-14-15-16-17-18-19-20-21-22-23-24-25-26-28-39(47)45-34-40(48)53-37(4)41(42(49)51-7)46-43(50)44(5,6)31-27-32-52-38-33-35(2)29-30-36(38)3/h9-10,12-13,15-16,18-19,21-22,24-25,29-30,33,37,41H,8,11,14,17,20,23,26-28,31-32,34H2,1-7H3,(H,45,47)(H,46,50). The molecule has 9 nitrogen and oxygen atoms in total. The summed E-state index contributed by atoms with van der Waals surface area (Å²) >= 11 is 0. The van der Waals surface area contributed by atoms with Gasteiger partial charge in [0.05, 0.1) is 13.7 Å². The van der Waals surface area contributed by atoms with Gasteiger partial charge in [-0.05, 0) is 95.8 Å².